The van der Waals surface area contributed by atoms with Crippen molar-refractivity contribution in [3.05, 3.63) is 58.6 Å². The van der Waals surface area contributed by atoms with Crippen LogP contribution in [0.3, 0.4) is 0 Å². The van der Waals surface area contributed by atoms with Crippen LogP contribution in [0.2, 0.25) is 5.02 Å². The molecule has 0 fully saturated rings. The average molecular weight is 315 g/mol. The number of nitrogens with one attached hydrogen (secondary N) is 1. The summed E-state index contributed by atoms with van der Waals surface area (Å²) < 4.78 is 38.8. The molecule has 0 aliphatic heterocycles. The second kappa shape index (κ2) is 5.65. The number of carbonyl (C=O) groups is 1. The lowest BCUT2D eigenvalue weighted by molar-refractivity contribution is -0.136. The molecule has 0 saturated heterocycles. The molecule has 3 N–H and O–H groups in total. The van der Waals surface area contributed by atoms with Crippen molar-refractivity contribution in [3.8, 4) is 0 Å². The molecule has 0 saturated carbocycles. The van der Waals surface area contributed by atoms with Gasteiger partial charge in [-0.2, -0.15) is 13.2 Å². The Hall–Kier alpha value is -2.21. The van der Waals surface area contributed by atoms with Crippen LogP contribution in [0.15, 0.2) is 42.5 Å². The molecule has 0 aromatic heterocycles. The zero-order valence-corrected chi connectivity index (χ0v) is 11.3. The Kier molecular flexibility index (Phi) is 4.09. The van der Waals surface area contributed by atoms with Crippen LogP contribution in [-0.4, -0.2) is 5.91 Å². The minimum Gasteiger partial charge on any atom is -0.398 e. The predicted molar refractivity (Wildman–Crippen MR) is 75.3 cm³/mol. The predicted octanol–water partition coefficient (Wildman–Crippen LogP) is 4.19. The van der Waals surface area contributed by atoms with Gasteiger partial charge in [-0.05, 0) is 30.3 Å². The number of para-hydroxylation sites is 1. The first kappa shape index (κ1) is 15.2. The van der Waals surface area contributed by atoms with Crippen LogP contribution in [0.5, 0.6) is 0 Å². The van der Waals surface area contributed by atoms with Crippen molar-refractivity contribution in [2.24, 2.45) is 0 Å². The van der Waals surface area contributed by atoms with Gasteiger partial charge in [0.05, 0.1) is 16.8 Å². The molecule has 0 spiro atoms. The monoisotopic (exact) mass is 314 g/mol. The van der Waals surface area contributed by atoms with Gasteiger partial charge in [0.25, 0.3) is 5.91 Å². The highest BCUT2D eigenvalue weighted by atomic mass is 35.5. The fourth-order valence-electron chi connectivity index (χ4n) is 1.75. The molecular weight excluding hydrogens is 305 g/mol. The summed E-state index contributed by atoms with van der Waals surface area (Å²) in [7, 11) is 0. The smallest absolute Gasteiger partial charge is 0.398 e. The van der Waals surface area contributed by atoms with Gasteiger partial charge in [0.15, 0.2) is 0 Å². The molecule has 0 unspecified atom stereocenters. The standard InChI is InChI=1S/C14H10ClF3N2O/c15-8-5-6-12(10(7-8)14(16,17)18)20-13(21)9-3-1-2-4-11(9)19/h1-7H,19H2,(H,20,21). The van der Waals surface area contributed by atoms with E-state index in [1.165, 1.54) is 18.2 Å². The Morgan fingerprint density at radius 2 is 1.81 bits per heavy atom. The Morgan fingerprint density at radius 3 is 2.43 bits per heavy atom. The molecule has 2 rings (SSSR count). The average Bonchev–Trinajstić information content (AvgIpc) is 2.40. The summed E-state index contributed by atoms with van der Waals surface area (Å²) in [5, 5.41) is 2.13. The molecule has 0 aliphatic rings. The molecule has 0 bridgehead atoms. The molecule has 21 heavy (non-hydrogen) atoms. The second-order valence-corrected chi connectivity index (χ2v) is 4.67. The topological polar surface area (TPSA) is 55.1 Å². The fraction of sp³-hybridized carbons (Fsp3) is 0.0714. The molecule has 1 amide bonds. The maximum atomic E-state index is 12.9. The van der Waals surface area contributed by atoms with Crippen molar-refractivity contribution in [1.82, 2.24) is 0 Å². The summed E-state index contributed by atoms with van der Waals surface area (Å²) in [4.78, 5) is 12.0. The van der Waals surface area contributed by atoms with Crippen molar-refractivity contribution < 1.29 is 18.0 Å². The van der Waals surface area contributed by atoms with E-state index in [1.807, 2.05) is 0 Å². The number of hydrogen-bond acceptors (Lipinski definition) is 2. The molecule has 0 atom stereocenters. The van der Waals surface area contributed by atoms with E-state index in [0.717, 1.165) is 12.1 Å². The third kappa shape index (κ3) is 3.46. The van der Waals surface area contributed by atoms with Crippen molar-refractivity contribution in [1.29, 1.82) is 0 Å². The molecule has 0 radical (unpaired) electrons. The van der Waals surface area contributed by atoms with E-state index in [1.54, 1.807) is 12.1 Å². The highest BCUT2D eigenvalue weighted by Crippen LogP contribution is 2.36. The second-order valence-electron chi connectivity index (χ2n) is 4.23. The lowest BCUT2D eigenvalue weighted by Gasteiger charge is -2.14. The zero-order chi connectivity index (χ0) is 15.6. The number of hydrogen-bond donors (Lipinski definition) is 2. The van der Waals surface area contributed by atoms with Crippen molar-refractivity contribution in [2.45, 2.75) is 6.18 Å². The van der Waals surface area contributed by atoms with Crippen LogP contribution in [-0.2, 0) is 6.18 Å². The van der Waals surface area contributed by atoms with Gasteiger partial charge in [-0.15, -0.1) is 0 Å². The van der Waals surface area contributed by atoms with Gasteiger partial charge in [-0.1, -0.05) is 23.7 Å². The number of alkyl halides is 3. The Balaban J connectivity index is 2.36. The van der Waals surface area contributed by atoms with E-state index in [4.69, 9.17) is 17.3 Å². The van der Waals surface area contributed by atoms with Gasteiger partial charge >= 0.3 is 6.18 Å². The zero-order valence-electron chi connectivity index (χ0n) is 10.5. The first-order chi connectivity index (χ1) is 9.79. The quantitative estimate of drug-likeness (QED) is 0.816. The highest BCUT2D eigenvalue weighted by molar-refractivity contribution is 6.30. The van der Waals surface area contributed by atoms with Crippen molar-refractivity contribution >= 4 is 28.9 Å². The van der Waals surface area contributed by atoms with Crippen LogP contribution in [0, 0.1) is 0 Å². The largest absolute Gasteiger partial charge is 0.418 e. The number of nitrogens with two attached hydrogens (primary N) is 1. The van der Waals surface area contributed by atoms with Gasteiger partial charge in [0.1, 0.15) is 0 Å². The van der Waals surface area contributed by atoms with E-state index in [-0.39, 0.29) is 22.0 Å². The van der Waals surface area contributed by atoms with Crippen molar-refractivity contribution in [2.75, 3.05) is 11.1 Å². The molecule has 0 aliphatic carbocycles. The van der Waals surface area contributed by atoms with Gasteiger partial charge < -0.3 is 11.1 Å². The third-order valence-electron chi connectivity index (χ3n) is 2.74. The lowest BCUT2D eigenvalue weighted by atomic mass is 10.1. The van der Waals surface area contributed by atoms with Crippen molar-refractivity contribution in [3.63, 3.8) is 0 Å². The van der Waals surface area contributed by atoms with E-state index in [0.29, 0.717) is 0 Å². The number of rotatable bonds is 2. The number of carbonyl (C=O) groups excluding carboxylic acids is 1. The van der Waals surface area contributed by atoms with Gasteiger partial charge in [0, 0.05) is 10.7 Å². The fourth-order valence-corrected chi connectivity index (χ4v) is 1.93. The summed E-state index contributed by atoms with van der Waals surface area (Å²) >= 11 is 5.57. The van der Waals surface area contributed by atoms with E-state index < -0.39 is 17.6 Å². The van der Waals surface area contributed by atoms with Gasteiger partial charge in [-0.25, -0.2) is 0 Å². The first-order valence-corrected chi connectivity index (χ1v) is 6.19. The van der Waals surface area contributed by atoms with E-state index >= 15 is 0 Å². The Labute approximate surface area is 123 Å². The van der Waals surface area contributed by atoms with Crippen LogP contribution < -0.4 is 11.1 Å². The summed E-state index contributed by atoms with van der Waals surface area (Å²) in [6.07, 6.45) is -4.63. The number of anilines is 2. The SMILES string of the molecule is Nc1ccccc1C(=O)Nc1ccc(Cl)cc1C(F)(F)F. The number of benzene rings is 2. The molecule has 3 nitrogen and oxygen atoms in total. The normalized spacial score (nSPS) is 11.2. The summed E-state index contributed by atoms with van der Waals surface area (Å²) in [5.74, 6) is -0.721. The molecule has 0 heterocycles. The summed E-state index contributed by atoms with van der Waals surface area (Å²) in [6, 6.07) is 9.22. The minimum atomic E-state index is -4.63. The number of nitrogen functional groups attached to an aromatic ring is 1. The Morgan fingerprint density at radius 1 is 1.14 bits per heavy atom. The summed E-state index contributed by atoms with van der Waals surface area (Å²) in [5.41, 5.74) is 4.50. The van der Waals surface area contributed by atoms with E-state index in [9.17, 15) is 18.0 Å². The third-order valence-corrected chi connectivity index (χ3v) is 2.98. The number of amides is 1. The van der Waals surface area contributed by atoms with Gasteiger partial charge in [-0.3, -0.25) is 4.79 Å². The minimum absolute atomic E-state index is 0.0699. The molecule has 2 aromatic carbocycles. The summed E-state index contributed by atoms with van der Waals surface area (Å²) in [6.45, 7) is 0. The van der Waals surface area contributed by atoms with E-state index in [2.05, 4.69) is 5.32 Å². The molecular formula is C14H10ClF3N2O. The highest BCUT2D eigenvalue weighted by Gasteiger charge is 2.34. The molecule has 7 heteroatoms. The number of halogens is 4. The van der Waals surface area contributed by atoms with Crippen LogP contribution >= 0.6 is 11.6 Å². The van der Waals surface area contributed by atoms with Crippen LogP contribution in [0.4, 0.5) is 24.5 Å². The van der Waals surface area contributed by atoms with Crippen LogP contribution in [0.1, 0.15) is 15.9 Å². The van der Waals surface area contributed by atoms with Gasteiger partial charge in [0.2, 0.25) is 0 Å². The first-order valence-electron chi connectivity index (χ1n) is 5.81. The lowest BCUT2D eigenvalue weighted by Crippen LogP contribution is -2.17. The molecule has 110 valence electrons. The maximum absolute atomic E-state index is 12.9. The Bertz CT molecular complexity index is 686. The maximum Gasteiger partial charge on any atom is 0.418 e. The molecule has 2 aromatic rings. The van der Waals surface area contributed by atoms with Crippen LogP contribution in [0.25, 0.3) is 0 Å².